The molecule has 1 aliphatic rings. The first kappa shape index (κ1) is 17.8. The molecule has 0 saturated carbocycles. The Labute approximate surface area is 129 Å². The molecule has 0 aliphatic carbocycles. The second-order valence-corrected chi connectivity index (χ2v) is 4.97. The molecular formula is C13H17F2NO7. The normalized spacial score (nSPS) is 31.3. The van der Waals surface area contributed by atoms with Gasteiger partial charge in [0.05, 0.1) is 12.2 Å². The van der Waals surface area contributed by atoms with Crippen molar-refractivity contribution in [3.05, 3.63) is 23.8 Å². The number of alkyl halides is 2. The van der Waals surface area contributed by atoms with Crippen LogP contribution in [0.2, 0.25) is 0 Å². The summed E-state index contributed by atoms with van der Waals surface area (Å²) in [7, 11) is 0. The van der Waals surface area contributed by atoms with Crippen molar-refractivity contribution in [1.82, 2.24) is 0 Å². The van der Waals surface area contributed by atoms with Crippen LogP contribution in [0.3, 0.4) is 0 Å². The van der Waals surface area contributed by atoms with Crippen LogP contribution < -0.4 is 10.6 Å². The van der Waals surface area contributed by atoms with Crippen LogP contribution in [0.15, 0.2) is 18.2 Å². The van der Waals surface area contributed by atoms with E-state index in [9.17, 15) is 24.1 Å². The maximum atomic E-state index is 12.9. The number of ether oxygens (including phenoxy) is 1. The van der Waals surface area contributed by atoms with E-state index in [4.69, 9.17) is 25.4 Å². The lowest BCUT2D eigenvalue weighted by molar-refractivity contribution is -0.387. The third kappa shape index (κ3) is 3.86. The minimum Gasteiger partial charge on any atom is -0.399 e. The van der Waals surface area contributed by atoms with E-state index in [0.717, 1.165) is 12.1 Å². The van der Waals surface area contributed by atoms with Crippen molar-refractivity contribution in [2.45, 2.75) is 37.1 Å². The molecule has 1 fully saturated rings. The van der Waals surface area contributed by atoms with Gasteiger partial charge in [0, 0.05) is 5.69 Å². The van der Waals surface area contributed by atoms with Gasteiger partial charge in [0.1, 0.15) is 24.4 Å². The van der Waals surface area contributed by atoms with E-state index in [1.54, 1.807) is 0 Å². The summed E-state index contributed by atoms with van der Waals surface area (Å²) in [5.74, 6) is -0.355. The van der Waals surface area contributed by atoms with Gasteiger partial charge in [-0.1, -0.05) is 0 Å². The van der Waals surface area contributed by atoms with Crippen LogP contribution >= 0.6 is 0 Å². The molecule has 0 aromatic heterocycles. The van der Waals surface area contributed by atoms with Gasteiger partial charge in [-0.2, -0.15) is 4.89 Å². The van der Waals surface area contributed by atoms with Crippen LogP contribution in [0.4, 0.5) is 14.5 Å². The molecule has 2 rings (SSSR count). The van der Waals surface area contributed by atoms with Crippen LogP contribution in [0.25, 0.3) is 0 Å². The van der Waals surface area contributed by atoms with E-state index >= 15 is 0 Å². The van der Waals surface area contributed by atoms with Crippen molar-refractivity contribution < 1.29 is 43.7 Å². The maximum absolute atomic E-state index is 12.9. The number of benzene rings is 1. The Bertz CT molecular complexity index is 531. The number of nitrogens with two attached hydrogens (primary N) is 1. The predicted molar refractivity (Wildman–Crippen MR) is 71.3 cm³/mol. The quantitative estimate of drug-likeness (QED) is 0.271. The average Bonchev–Trinajstić information content (AvgIpc) is 2.53. The Morgan fingerprint density at radius 2 is 1.87 bits per heavy atom. The van der Waals surface area contributed by atoms with Crippen molar-refractivity contribution in [2.24, 2.45) is 0 Å². The molecule has 0 radical (unpaired) electrons. The molecule has 1 heterocycles. The zero-order chi connectivity index (χ0) is 17.1. The van der Waals surface area contributed by atoms with Gasteiger partial charge in [-0.05, 0) is 18.2 Å². The van der Waals surface area contributed by atoms with Crippen LogP contribution in [-0.4, -0.2) is 57.7 Å². The van der Waals surface area contributed by atoms with Crippen molar-refractivity contribution in [3.63, 3.8) is 0 Å². The third-order valence-corrected chi connectivity index (χ3v) is 3.35. The molecule has 8 nitrogen and oxygen atoms in total. The summed E-state index contributed by atoms with van der Waals surface area (Å²) in [6.45, 7) is -0.658. The van der Waals surface area contributed by atoms with Gasteiger partial charge < -0.3 is 35.8 Å². The predicted octanol–water partition coefficient (Wildman–Crippen LogP) is -0.683. The molecule has 10 heteroatoms. The summed E-state index contributed by atoms with van der Waals surface area (Å²) in [6, 6.07) is 3.44. The monoisotopic (exact) mass is 337 g/mol. The number of anilines is 1. The van der Waals surface area contributed by atoms with Gasteiger partial charge in [0.25, 0.3) is 6.43 Å². The number of nitrogen functional groups attached to an aromatic ring is 1. The summed E-state index contributed by atoms with van der Waals surface area (Å²) in [5.41, 5.74) is 4.98. The summed E-state index contributed by atoms with van der Waals surface area (Å²) in [4.78, 5) is 9.48. The number of hydrogen-bond acceptors (Lipinski definition) is 8. The fourth-order valence-electron chi connectivity index (χ4n) is 2.06. The highest BCUT2D eigenvalue weighted by molar-refractivity contribution is 5.48. The first-order chi connectivity index (χ1) is 10.8. The van der Waals surface area contributed by atoms with E-state index in [1.807, 2.05) is 0 Å². The van der Waals surface area contributed by atoms with Crippen molar-refractivity contribution in [2.75, 3.05) is 12.3 Å². The van der Waals surface area contributed by atoms with E-state index in [0.29, 0.717) is 0 Å². The van der Waals surface area contributed by atoms with E-state index in [-0.39, 0.29) is 11.4 Å². The van der Waals surface area contributed by atoms with E-state index in [1.165, 1.54) is 6.07 Å². The standard InChI is InChI=1S/C13H17F2NO7/c14-12(15)6-3-5(16)1-2-7(6)22-23-13-11(20)10(19)9(18)8(4-17)21-13/h1-3,8-13,17-20H,4,16H2/t8-,9+,10+,11-,13+/m1/s1. The molecule has 6 N–H and O–H groups in total. The van der Waals surface area contributed by atoms with Crippen LogP contribution in [0, 0.1) is 0 Å². The number of rotatable bonds is 5. The Morgan fingerprint density at radius 1 is 1.17 bits per heavy atom. The van der Waals surface area contributed by atoms with Crippen LogP contribution in [0.5, 0.6) is 5.75 Å². The molecule has 5 atom stereocenters. The molecule has 23 heavy (non-hydrogen) atoms. The zero-order valence-electron chi connectivity index (χ0n) is 11.8. The largest absolute Gasteiger partial charge is 0.399 e. The second-order valence-electron chi connectivity index (χ2n) is 4.97. The van der Waals surface area contributed by atoms with Crippen LogP contribution in [0.1, 0.15) is 12.0 Å². The van der Waals surface area contributed by atoms with Gasteiger partial charge in [-0.15, -0.1) is 0 Å². The Hall–Kier alpha value is -1.56. The van der Waals surface area contributed by atoms with Crippen LogP contribution in [-0.2, 0) is 9.62 Å². The van der Waals surface area contributed by atoms with Crippen molar-refractivity contribution in [3.8, 4) is 5.75 Å². The highest BCUT2D eigenvalue weighted by Crippen LogP contribution is 2.32. The maximum Gasteiger partial charge on any atom is 0.267 e. The minimum absolute atomic E-state index is 0.0977. The number of hydrogen-bond donors (Lipinski definition) is 5. The lowest BCUT2D eigenvalue weighted by Gasteiger charge is -2.38. The lowest BCUT2D eigenvalue weighted by atomic mass is 9.99. The molecule has 1 aromatic rings. The third-order valence-electron chi connectivity index (χ3n) is 3.35. The van der Waals surface area contributed by atoms with Crippen molar-refractivity contribution in [1.29, 1.82) is 0 Å². The average molecular weight is 337 g/mol. The van der Waals surface area contributed by atoms with Gasteiger partial charge in [-0.25, -0.2) is 8.78 Å². The summed E-state index contributed by atoms with van der Waals surface area (Å²) in [5, 5.41) is 37.9. The fraction of sp³-hybridized carbons (Fsp3) is 0.538. The molecule has 0 bridgehead atoms. The summed E-state index contributed by atoms with van der Waals surface area (Å²) in [6.07, 6.45) is -10.6. The number of halogens is 2. The van der Waals surface area contributed by atoms with Gasteiger partial charge in [0.15, 0.2) is 5.75 Å². The highest BCUT2D eigenvalue weighted by Gasteiger charge is 2.45. The molecule has 1 aromatic carbocycles. The van der Waals surface area contributed by atoms with Gasteiger partial charge in [-0.3, -0.25) is 0 Å². The molecule has 0 amide bonds. The smallest absolute Gasteiger partial charge is 0.267 e. The van der Waals surface area contributed by atoms with Crippen molar-refractivity contribution >= 4 is 5.69 Å². The van der Waals surface area contributed by atoms with E-state index in [2.05, 4.69) is 0 Å². The fourth-order valence-corrected chi connectivity index (χ4v) is 2.06. The van der Waals surface area contributed by atoms with E-state index < -0.39 is 49.3 Å². The first-order valence-corrected chi connectivity index (χ1v) is 6.66. The zero-order valence-corrected chi connectivity index (χ0v) is 11.8. The molecule has 1 aliphatic heterocycles. The number of aliphatic hydroxyl groups excluding tert-OH is 4. The highest BCUT2D eigenvalue weighted by atomic mass is 19.3. The Morgan fingerprint density at radius 3 is 2.48 bits per heavy atom. The summed E-state index contributed by atoms with van der Waals surface area (Å²) >= 11 is 0. The molecule has 1 saturated heterocycles. The second kappa shape index (κ2) is 7.34. The molecule has 130 valence electrons. The SMILES string of the molecule is Nc1ccc(OO[C@@H]2O[C@H](CO)[C@H](O)[C@H](O)[C@H]2O)c(C(F)F)c1. The summed E-state index contributed by atoms with van der Waals surface area (Å²) < 4.78 is 30.8. The van der Waals surface area contributed by atoms with Gasteiger partial charge in [0.2, 0.25) is 6.29 Å². The molecular weight excluding hydrogens is 320 g/mol. The molecule has 0 unspecified atom stereocenters. The minimum atomic E-state index is -2.88. The Kier molecular flexibility index (Phi) is 5.68. The number of aliphatic hydroxyl groups is 4. The Balaban J connectivity index is 2.08. The first-order valence-electron chi connectivity index (χ1n) is 6.66. The lowest BCUT2D eigenvalue weighted by Crippen LogP contribution is -2.59. The topological polar surface area (TPSA) is 135 Å². The van der Waals surface area contributed by atoms with Gasteiger partial charge >= 0.3 is 0 Å². The molecule has 0 spiro atoms.